The van der Waals surface area contributed by atoms with Gasteiger partial charge in [-0.1, -0.05) is 0 Å². The fourth-order valence-corrected chi connectivity index (χ4v) is 2.10. The molecule has 2 atom stereocenters. The Morgan fingerprint density at radius 3 is 2.93 bits per heavy atom. The average molecular weight is 199 g/mol. The van der Waals surface area contributed by atoms with E-state index in [9.17, 15) is 4.79 Å². The summed E-state index contributed by atoms with van der Waals surface area (Å²) in [6.07, 6.45) is 3.36. The van der Waals surface area contributed by atoms with E-state index in [4.69, 9.17) is 4.74 Å². The summed E-state index contributed by atoms with van der Waals surface area (Å²) in [6, 6.07) is 0.366. The maximum absolute atomic E-state index is 11.0. The Morgan fingerprint density at radius 1 is 1.64 bits per heavy atom. The van der Waals surface area contributed by atoms with E-state index < -0.39 is 0 Å². The minimum atomic E-state index is 0.275. The average Bonchev–Trinajstić information content (AvgIpc) is 2.17. The number of likely N-dealkylation sites (tertiary alicyclic amines) is 1. The van der Waals surface area contributed by atoms with Crippen LogP contribution in [0.4, 0.5) is 0 Å². The molecule has 0 aromatic heterocycles. The molecule has 1 saturated heterocycles. The van der Waals surface area contributed by atoms with Crippen molar-refractivity contribution in [2.45, 2.75) is 45.3 Å². The zero-order chi connectivity index (χ0) is 10.6. The monoisotopic (exact) mass is 199 g/mol. The summed E-state index contributed by atoms with van der Waals surface area (Å²) in [5.41, 5.74) is 0. The Balaban J connectivity index is 2.38. The molecule has 0 saturated carbocycles. The highest BCUT2D eigenvalue weighted by Gasteiger charge is 2.23. The van der Waals surface area contributed by atoms with Crippen molar-refractivity contribution in [3.05, 3.63) is 0 Å². The molecule has 3 heteroatoms. The van der Waals surface area contributed by atoms with Crippen molar-refractivity contribution in [1.29, 1.82) is 0 Å². The van der Waals surface area contributed by atoms with Gasteiger partial charge in [0.1, 0.15) is 5.78 Å². The second-order valence-electron chi connectivity index (χ2n) is 4.25. The maximum atomic E-state index is 11.0. The van der Waals surface area contributed by atoms with E-state index in [0.29, 0.717) is 18.6 Å². The number of piperidine rings is 1. The third-order valence-electron chi connectivity index (χ3n) is 2.95. The zero-order valence-electron chi connectivity index (χ0n) is 9.45. The molecule has 0 aliphatic carbocycles. The molecule has 2 unspecified atom stereocenters. The van der Waals surface area contributed by atoms with Crippen LogP contribution in [0.15, 0.2) is 0 Å². The molecular formula is C11H21NO2. The van der Waals surface area contributed by atoms with Crippen LogP contribution in [0, 0.1) is 0 Å². The lowest BCUT2D eigenvalue weighted by atomic mass is 10.0. The van der Waals surface area contributed by atoms with E-state index in [1.165, 1.54) is 6.42 Å². The Bertz CT molecular complexity index is 194. The Kier molecular flexibility index (Phi) is 4.55. The Hall–Kier alpha value is -0.410. The first kappa shape index (κ1) is 11.7. The number of carbonyl (C=O) groups excluding carboxylic acids is 1. The standard InChI is InChI=1S/C11H21NO2/c1-9(7-10(2)13)12-6-4-5-11(8-12)14-3/h9,11H,4-8H2,1-3H3. The predicted octanol–water partition coefficient (Wildman–Crippen LogP) is 1.46. The molecule has 1 rings (SSSR count). The third-order valence-corrected chi connectivity index (χ3v) is 2.95. The van der Waals surface area contributed by atoms with Crippen LogP contribution in [0.25, 0.3) is 0 Å². The lowest BCUT2D eigenvalue weighted by molar-refractivity contribution is -0.118. The molecule has 0 amide bonds. The van der Waals surface area contributed by atoms with Crippen LogP contribution in [-0.2, 0) is 9.53 Å². The summed E-state index contributed by atoms with van der Waals surface area (Å²) in [4.78, 5) is 13.4. The highest BCUT2D eigenvalue weighted by atomic mass is 16.5. The van der Waals surface area contributed by atoms with Crippen LogP contribution in [0.5, 0.6) is 0 Å². The van der Waals surface area contributed by atoms with Gasteiger partial charge in [-0.2, -0.15) is 0 Å². The first-order chi connectivity index (χ1) is 6.63. The van der Waals surface area contributed by atoms with Gasteiger partial charge in [0.15, 0.2) is 0 Å². The van der Waals surface area contributed by atoms with E-state index >= 15 is 0 Å². The van der Waals surface area contributed by atoms with Gasteiger partial charge in [0.05, 0.1) is 6.10 Å². The van der Waals surface area contributed by atoms with E-state index in [2.05, 4.69) is 11.8 Å². The molecule has 0 radical (unpaired) electrons. The summed E-state index contributed by atoms with van der Waals surface area (Å²) in [7, 11) is 1.77. The topological polar surface area (TPSA) is 29.5 Å². The van der Waals surface area contributed by atoms with Crippen molar-refractivity contribution >= 4 is 5.78 Å². The van der Waals surface area contributed by atoms with E-state index in [1.807, 2.05) is 0 Å². The minimum Gasteiger partial charge on any atom is -0.380 e. The molecule has 0 spiro atoms. The molecule has 1 aliphatic rings. The lowest BCUT2D eigenvalue weighted by Crippen LogP contribution is -2.44. The van der Waals surface area contributed by atoms with Crippen LogP contribution in [0.3, 0.4) is 0 Å². The second-order valence-corrected chi connectivity index (χ2v) is 4.25. The van der Waals surface area contributed by atoms with Crippen LogP contribution in [0.2, 0.25) is 0 Å². The first-order valence-corrected chi connectivity index (χ1v) is 5.39. The van der Waals surface area contributed by atoms with E-state index in [-0.39, 0.29) is 5.78 Å². The summed E-state index contributed by atoms with van der Waals surface area (Å²) in [6.45, 7) is 5.87. The van der Waals surface area contributed by atoms with Crippen molar-refractivity contribution in [3.8, 4) is 0 Å². The summed E-state index contributed by atoms with van der Waals surface area (Å²) < 4.78 is 5.35. The van der Waals surface area contributed by atoms with Gasteiger partial charge < -0.3 is 4.74 Å². The van der Waals surface area contributed by atoms with Gasteiger partial charge in [0, 0.05) is 26.1 Å². The van der Waals surface area contributed by atoms with Gasteiger partial charge in [-0.25, -0.2) is 0 Å². The molecule has 0 N–H and O–H groups in total. The molecule has 1 fully saturated rings. The van der Waals surface area contributed by atoms with Crippen LogP contribution in [-0.4, -0.2) is 43.0 Å². The molecule has 0 bridgehead atoms. The van der Waals surface area contributed by atoms with E-state index in [0.717, 1.165) is 19.5 Å². The largest absolute Gasteiger partial charge is 0.380 e. The molecule has 1 heterocycles. The number of hydrogen-bond acceptors (Lipinski definition) is 3. The normalized spacial score (nSPS) is 26.1. The van der Waals surface area contributed by atoms with Gasteiger partial charge in [-0.05, 0) is 33.2 Å². The van der Waals surface area contributed by atoms with E-state index in [1.54, 1.807) is 14.0 Å². The predicted molar refractivity (Wildman–Crippen MR) is 56.4 cm³/mol. The number of ether oxygens (including phenoxy) is 1. The number of Topliss-reactive ketones (excluding diaryl/α,β-unsaturated/α-hetero) is 1. The fourth-order valence-electron chi connectivity index (χ4n) is 2.10. The van der Waals surface area contributed by atoms with Crippen LogP contribution in [0.1, 0.15) is 33.1 Å². The molecule has 1 aliphatic heterocycles. The van der Waals surface area contributed by atoms with Crippen molar-refractivity contribution in [1.82, 2.24) is 4.90 Å². The maximum Gasteiger partial charge on any atom is 0.131 e. The number of methoxy groups -OCH3 is 1. The molecule has 3 nitrogen and oxygen atoms in total. The first-order valence-electron chi connectivity index (χ1n) is 5.39. The van der Waals surface area contributed by atoms with Gasteiger partial charge >= 0.3 is 0 Å². The second kappa shape index (κ2) is 5.47. The summed E-state index contributed by atoms with van der Waals surface area (Å²) in [5, 5.41) is 0. The van der Waals surface area contributed by atoms with Crippen molar-refractivity contribution in [3.63, 3.8) is 0 Å². The van der Waals surface area contributed by atoms with Crippen molar-refractivity contribution in [2.75, 3.05) is 20.2 Å². The highest BCUT2D eigenvalue weighted by Crippen LogP contribution is 2.16. The van der Waals surface area contributed by atoms with Crippen molar-refractivity contribution in [2.24, 2.45) is 0 Å². The molecule has 0 aromatic rings. The number of hydrogen-bond donors (Lipinski definition) is 0. The zero-order valence-corrected chi connectivity index (χ0v) is 9.45. The SMILES string of the molecule is COC1CCCN(C(C)CC(C)=O)C1. The number of nitrogens with zero attached hydrogens (tertiary/aromatic N) is 1. The minimum absolute atomic E-state index is 0.275. The van der Waals surface area contributed by atoms with Gasteiger partial charge in [-0.15, -0.1) is 0 Å². The molecule has 0 aromatic carbocycles. The fraction of sp³-hybridized carbons (Fsp3) is 0.909. The Labute approximate surface area is 86.4 Å². The van der Waals surface area contributed by atoms with Crippen LogP contribution < -0.4 is 0 Å². The van der Waals surface area contributed by atoms with Crippen molar-refractivity contribution < 1.29 is 9.53 Å². The molecule has 82 valence electrons. The number of rotatable bonds is 4. The smallest absolute Gasteiger partial charge is 0.131 e. The highest BCUT2D eigenvalue weighted by molar-refractivity contribution is 5.76. The third kappa shape index (κ3) is 3.39. The lowest BCUT2D eigenvalue weighted by Gasteiger charge is -2.35. The van der Waals surface area contributed by atoms with Gasteiger partial charge in [0.25, 0.3) is 0 Å². The quantitative estimate of drug-likeness (QED) is 0.686. The van der Waals surface area contributed by atoms with Crippen LogP contribution >= 0.6 is 0 Å². The van der Waals surface area contributed by atoms with Gasteiger partial charge in [-0.3, -0.25) is 9.69 Å². The Morgan fingerprint density at radius 2 is 2.36 bits per heavy atom. The molecular weight excluding hydrogens is 178 g/mol. The number of ketones is 1. The van der Waals surface area contributed by atoms with Gasteiger partial charge in [0.2, 0.25) is 0 Å². The molecule has 14 heavy (non-hydrogen) atoms. The summed E-state index contributed by atoms with van der Waals surface area (Å²) in [5.74, 6) is 0.275. The number of carbonyl (C=O) groups is 1. The summed E-state index contributed by atoms with van der Waals surface area (Å²) >= 11 is 0.